The fraction of sp³-hybridized carbons (Fsp3) is 0.538. The van der Waals surface area contributed by atoms with Crippen molar-refractivity contribution in [2.45, 2.75) is 38.3 Å². The molecular weight excluding hydrogens is 203 g/mol. The fourth-order valence-electron chi connectivity index (χ4n) is 2.46. The van der Waals surface area contributed by atoms with E-state index in [0.717, 1.165) is 0 Å². The summed E-state index contributed by atoms with van der Waals surface area (Å²) in [4.78, 5) is 2.24. The third kappa shape index (κ3) is 2.35. The van der Waals surface area contributed by atoms with Crippen molar-refractivity contribution >= 4 is 5.69 Å². The van der Waals surface area contributed by atoms with E-state index in [-0.39, 0.29) is 11.5 Å². The molecule has 1 aromatic carbocycles. The summed E-state index contributed by atoms with van der Waals surface area (Å²) in [5.41, 5.74) is 6.51. The molecule has 0 heterocycles. The van der Waals surface area contributed by atoms with Gasteiger partial charge < -0.3 is 5.73 Å². The van der Waals surface area contributed by atoms with Crippen LogP contribution in [0.4, 0.5) is 10.1 Å². The van der Waals surface area contributed by atoms with Gasteiger partial charge in [-0.15, -0.1) is 0 Å². The summed E-state index contributed by atoms with van der Waals surface area (Å²) in [7, 11) is 2.07. The zero-order valence-electron chi connectivity index (χ0n) is 9.75. The molecule has 2 nitrogen and oxygen atoms in total. The van der Waals surface area contributed by atoms with Gasteiger partial charge in [-0.1, -0.05) is 25.0 Å². The molecule has 0 aromatic heterocycles. The first-order chi connectivity index (χ1) is 7.68. The number of rotatable bonds is 3. The van der Waals surface area contributed by atoms with Gasteiger partial charge in [-0.25, -0.2) is 4.39 Å². The molecule has 0 unspecified atom stereocenters. The highest BCUT2D eigenvalue weighted by Gasteiger charge is 2.20. The second-order valence-electron chi connectivity index (χ2n) is 4.67. The Balaban J connectivity index is 2.05. The lowest BCUT2D eigenvalue weighted by Crippen LogP contribution is -2.28. The standard InChI is InChI=1S/C13H19FN2/c1-16(11-6-2-3-7-11)9-10-5-4-8-12(15)13(10)14/h4-5,8,11H,2-3,6-7,9,15H2,1H3. The molecule has 0 spiro atoms. The van der Waals surface area contributed by atoms with Gasteiger partial charge in [0.25, 0.3) is 0 Å². The maximum Gasteiger partial charge on any atom is 0.150 e. The molecule has 0 aliphatic heterocycles. The Morgan fingerprint density at radius 2 is 2.06 bits per heavy atom. The summed E-state index contributed by atoms with van der Waals surface area (Å²) in [6.07, 6.45) is 5.07. The van der Waals surface area contributed by atoms with Crippen molar-refractivity contribution in [3.05, 3.63) is 29.6 Å². The largest absolute Gasteiger partial charge is 0.396 e. The van der Waals surface area contributed by atoms with Crippen LogP contribution in [0.25, 0.3) is 0 Å². The summed E-state index contributed by atoms with van der Waals surface area (Å²) >= 11 is 0. The molecule has 1 aliphatic carbocycles. The first-order valence-corrected chi connectivity index (χ1v) is 5.91. The van der Waals surface area contributed by atoms with Crippen molar-refractivity contribution in [1.82, 2.24) is 4.90 Å². The second-order valence-corrected chi connectivity index (χ2v) is 4.67. The van der Waals surface area contributed by atoms with Gasteiger partial charge in [-0.05, 0) is 26.0 Å². The average molecular weight is 222 g/mol. The number of hydrogen-bond acceptors (Lipinski definition) is 2. The summed E-state index contributed by atoms with van der Waals surface area (Å²) in [6, 6.07) is 5.85. The Morgan fingerprint density at radius 3 is 2.75 bits per heavy atom. The first-order valence-electron chi connectivity index (χ1n) is 5.91. The fourth-order valence-corrected chi connectivity index (χ4v) is 2.46. The Bertz CT molecular complexity index is 359. The number of halogens is 1. The summed E-state index contributed by atoms with van der Waals surface area (Å²) < 4.78 is 13.7. The van der Waals surface area contributed by atoms with Crippen molar-refractivity contribution in [1.29, 1.82) is 0 Å². The lowest BCUT2D eigenvalue weighted by Gasteiger charge is -2.24. The van der Waals surface area contributed by atoms with E-state index in [4.69, 9.17) is 5.73 Å². The van der Waals surface area contributed by atoms with Crippen molar-refractivity contribution in [3.8, 4) is 0 Å². The maximum absolute atomic E-state index is 13.7. The Kier molecular flexibility index (Phi) is 3.44. The molecule has 0 radical (unpaired) electrons. The molecule has 0 saturated heterocycles. The minimum atomic E-state index is -0.257. The van der Waals surface area contributed by atoms with Crippen LogP contribution in [0.5, 0.6) is 0 Å². The predicted octanol–water partition coefficient (Wildman–Crippen LogP) is 2.78. The van der Waals surface area contributed by atoms with Crippen LogP contribution in [-0.4, -0.2) is 18.0 Å². The third-order valence-electron chi connectivity index (χ3n) is 3.48. The summed E-state index contributed by atoms with van der Waals surface area (Å²) in [6.45, 7) is 0.654. The van der Waals surface area contributed by atoms with Crippen LogP contribution in [0.2, 0.25) is 0 Å². The van der Waals surface area contributed by atoms with E-state index in [0.29, 0.717) is 18.2 Å². The van der Waals surface area contributed by atoms with Gasteiger partial charge in [-0.3, -0.25) is 4.90 Å². The number of nitrogens with two attached hydrogens (primary N) is 1. The first kappa shape index (κ1) is 11.4. The van der Waals surface area contributed by atoms with E-state index in [2.05, 4.69) is 11.9 Å². The molecule has 3 heteroatoms. The molecule has 2 rings (SSSR count). The Hall–Kier alpha value is -1.09. The topological polar surface area (TPSA) is 29.3 Å². The predicted molar refractivity (Wildman–Crippen MR) is 64.5 cm³/mol. The normalized spacial score (nSPS) is 17.2. The smallest absolute Gasteiger partial charge is 0.150 e. The lowest BCUT2D eigenvalue weighted by molar-refractivity contribution is 0.234. The van der Waals surface area contributed by atoms with E-state index in [1.807, 2.05) is 12.1 Å². The number of nitrogens with zero attached hydrogens (tertiary/aromatic N) is 1. The van der Waals surface area contributed by atoms with Crippen molar-refractivity contribution in [3.63, 3.8) is 0 Å². The van der Waals surface area contributed by atoms with Crippen LogP contribution < -0.4 is 5.73 Å². The van der Waals surface area contributed by atoms with E-state index in [1.54, 1.807) is 6.07 Å². The molecule has 1 aromatic rings. The Morgan fingerprint density at radius 1 is 1.38 bits per heavy atom. The molecule has 2 N–H and O–H groups in total. The number of nitrogen functional groups attached to an aromatic ring is 1. The molecule has 88 valence electrons. The Labute approximate surface area is 96.2 Å². The van der Waals surface area contributed by atoms with Gasteiger partial charge in [0.1, 0.15) is 0 Å². The quantitative estimate of drug-likeness (QED) is 0.797. The van der Waals surface area contributed by atoms with Gasteiger partial charge in [0.05, 0.1) is 5.69 Å². The van der Waals surface area contributed by atoms with Crippen LogP contribution in [0.15, 0.2) is 18.2 Å². The minimum absolute atomic E-state index is 0.248. The number of benzene rings is 1. The van der Waals surface area contributed by atoms with Gasteiger partial charge in [-0.2, -0.15) is 0 Å². The molecule has 1 aliphatic rings. The molecule has 0 bridgehead atoms. The second kappa shape index (κ2) is 4.83. The van der Waals surface area contributed by atoms with E-state index < -0.39 is 0 Å². The van der Waals surface area contributed by atoms with Crippen LogP contribution in [0.1, 0.15) is 31.2 Å². The zero-order chi connectivity index (χ0) is 11.5. The van der Waals surface area contributed by atoms with Gasteiger partial charge in [0.15, 0.2) is 5.82 Å². The van der Waals surface area contributed by atoms with Crippen LogP contribution in [0.3, 0.4) is 0 Å². The average Bonchev–Trinajstić information content (AvgIpc) is 2.78. The monoisotopic (exact) mass is 222 g/mol. The molecule has 16 heavy (non-hydrogen) atoms. The van der Waals surface area contributed by atoms with Gasteiger partial charge in [0, 0.05) is 18.2 Å². The molecule has 0 amide bonds. The van der Waals surface area contributed by atoms with Crippen LogP contribution in [-0.2, 0) is 6.54 Å². The molecule has 0 atom stereocenters. The van der Waals surface area contributed by atoms with E-state index in [9.17, 15) is 4.39 Å². The third-order valence-corrected chi connectivity index (χ3v) is 3.48. The number of hydrogen-bond donors (Lipinski definition) is 1. The van der Waals surface area contributed by atoms with E-state index in [1.165, 1.54) is 25.7 Å². The van der Waals surface area contributed by atoms with E-state index >= 15 is 0 Å². The highest BCUT2D eigenvalue weighted by molar-refractivity contribution is 5.42. The van der Waals surface area contributed by atoms with Gasteiger partial charge in [0.2, 0.25) is 0 Å². The van der Waals surface area contributed by atoms with Crippen LogP contribution in [0, 0.1) is 5.82 Å². The van der Waals surface area contributed by atoms with Crippen LogP contribution >= 0.6 is 0 Å². The van der Waals surface area contributed by atoms with Crippen molar-refractivity contribution < 1.29 is 4.39 Å². The summed E-state index contributed by atoms with van der Waals surface area (Å²) in [5.74, 6) is -0.257. The molecule has 1 fully saturated rings. The summed E-state index contributed by atoms with van der Waals surface area (Å²) in [5, 5.41) is 0. The molecular formula is C13H19FN2. The lowest BCUT2D eigenvalue weighted by atomic mass is 10.1. The highest BCUT2D eigenvalue weighted by atomic mass is 19.1. The van der Waals surface area contributed by atoms with Crippen molar-refractivity contribution in [2.24, 2.45) is 0 Å². The zero-order valence-corrected chi connectivity index (χ0v) is 9.75. The molecule has 1 saturated carbocycles. The highest BCUT2D eigenvalue weighted by Crippen LogP contribution is 2.24. The minimum Gasteiger partial charge on any atom is -0.396 e. The SMILES string of the molecule is CN(Cc1cccc(N)c1F)C1CCCC1. The van der Waals surface area contributed by atoms with Crippen molar-refractivity contribution in [2.75, 3.05) is 12.8 Å². The number of anilines is 1. The maximum atomic E-state index is 13.7. The van der Waals surface area contributed by atoms with Gasteiger partial charge >= 0.3 is 0 Å².